The van der Waals surface area contributed by atoms with Crippen LogP contribution in [0.4, 0.5) is 0 Å². The van der Waals surface area contributed by atoms with Gasteiger partial charge in [0, 0.05) is 19.8 Å². The molecule has 0 aromatic rings. The molecule has 0 bridgehead atoms. The molecule has 0 heterocycles. The van der Waals surface area contributed by atoms with Gasteiger partial charge in [0.25, 0.3) is 0 Å². The van der Waals surface area contributed by atoms with E-state index < -0.39 is 11.9 Å². The van der Waals surface area contributed by atoms with Crippen molar-refractivity contribution in [1.82, 2.24) is 0 Å². The van der Waals surface area contributed by atoms with Crippen LogP contribution in [0.25, 0.3) is 0 Å². The molecule has 7 heteroatoms. The predicted octanol–water partition coefficient (Wildman–Crippen LogP) is 0.329. The van der Waals surface area contributed by atoms with Crippen LogP contribution in [-0.2, 0) is 14.3 Å². The molecule has 0 aromatic heterocycles. The van der Waals surface area contributed by atoms with E-state index in [0.717, 1.165) is 13.2 Å². The third-order valence-electron chi connectivity index (χ3n) is 0.961. The number of aliphatic carboxylic acids is 2. The number of hydrogen-bond donors (Lipinski definition) is 3. The summed E-state index contributed by atoms with van der Waals surface area (Å²) in [6.07, 6.45) is -0.593. The number of carboxylic acid groups (broad SMARTS) is 2. The Balaban J connectivity index is -0.0000000815. The maximum absolute atomic E-state index is 9.64. The second kappa shape index (κ2) is 24.9. The minimum atomic E-state index is -1.08. The van der Waals surface area contributed by atoms with Gasteiger partial charge in [-0.1, -0.05) is 0 Å². The van der Waals surface area contributed by atoms with E-state index in [9.17, 15) is 9.59 Å². The molecule has 0 aliphatic heterocycles. The first-order chi connectivity index (χ1) is 7.45. The fraction of sp³-hybridized carbons (Fsp3) is 0.800. The van der Waals surface area contributed by atoms with E-state index in [0.29, 0.717) is 0 Å². The zero-order chi connectivity index (χ0) is 13.4. The van der Waals surface area contributed by atoms with Crippen LogP contribution in [0.1, 0.15) is 33.6 Å². The summed E-state index contributed by atoms with van der Waals surface area (Å²) in [4.78, 5) is 19.3. The van der Waals surface area contributed by atoms with Crippen molar-refractivity contribution in [3.63, 3.8) is 0 Å². The van der Waals surface area contributed by atoms with Crippen molar-refractivity contribution in [3.05, 3.63) is 0 Å². The molecular weight excluding hydrogens is 239 g/mol. The number of hydrogen-bond acceptors (Lipinski definition) is 4. The summed E-state index contributed by atoms with van der Waals surface area (Å²) < 4.78 is 4.83. The molecule has 0 spiro atoms. The van der Waals surface area contributed by atoms with Gasteiger partial charge >= 0.3 is 41.5 Å². The molecule has 0 radical (unpaired) electrons. The van der Waals surface area contributed by atoms with Crippen LogP contribution >= 0.6 is 0 Å². The molecule has 3 N–H and O–H groups in total. The molecule has 0 amide bonds. The average Bonchev–Trinajstić information content (AvgIpc) is 2.18. The van der Waals surface area contributed by atoms with Gasteiger partial charge in [-0.2, -0.15) is 0 Å². The second-order valence-electron chi connectivity index (χ2n) is 2.39. The number of aliphatic hydroxyl groups excluding tert-OH is 1. The first kappa shape index (κ1) is 25.6. The summed E-state index contributed by atoms with van der Waals surface area (Å²) >= 11 is 0. The summed E-state index contributed by atoms with van der Waals surface area (Å²) in [7, 11) is 0. The Hall–Kier alpha value is -0.140. The van der Waals surface area contributed by atoms with Crippen LogP contribution in [0.15, 0.2) is 0 Å². The number of carbonyl (C=O) groups is 2. The van der Waals surface area contributed by atoms with Crippen molar-refractivity contribution < 1.29 is 29.6 Å². The van der Waals surface area contributed by atoms with Crippen LogP contribution in [0, 0.1) is 0 Å². The summed E-state index contributed by atoms with van der Waals surface area (Å²) in [6.45, 7) is 7.60. The van der Waals surface area contributed by atoms with E-state index in [1.54, 1.807) is 6.92 Å². The van der Waals surface area contributed by atoms with Gasteiger partial charge in [-0.15, -0.1) is 0 Å². The molecule has 6 nitrogen and oxygen atoms in total. The second-order valence-corrected chi connectivity index (χ2v) is 2.39. The summed E-state index contributed by atoms with van der Waals surface area (Å²) in [5, 5.41) is 23.4. The Morgan fingerprint density at radius 3 is 1.24 bits per heavy atom. The molecule has 0 fully saturated rings. The summed E-state index contributed by atoms with van der Waals surface area (Å²) in [6, 6.07) is 0. The zero-order valence-electron chi connectivity index (χ0n) is 10.1. The number of ether oxygens (including phenoxy) is 1. The van der Waals surface area contributed by atoms with Crippen LogP contribution in [0.2, 0.25) is 0 Å². The van der Waals surface area contributed by atoms with Crippen LogP contribution in [0.3, 0.4) is 0 Å². The molecule has 0 saturated heterocycles. The summed E-state index contributed by atoms with van der Waals surface area (Å²) in [5.41, 5.74) is 0. The van der Waals surface area contributed by atoms with Gasteiger partial charge < -0.3 is 20.1 Å². The molecular formula is C10H23NaO6. The van der Waals surface area contributed by atoms with E-state index in [-0.39, 0.29) is 49.0 Å². The van der Waals surface area contributed by atoms with Crippen molar-refractivity contribution in [1.29, 1.82) is 0 Å². The zero-order valence-corrected chi connectivity index (χ0v) is 10.1. The van der Waals surface area contributed by atoms with Crippen LogP contribution in [0.5, 0.6) is 0 Å². The standard InChI is InChI=1S/C4H6O4.C4H10O.C2H6O.Na.H/c5-3(6)1-2-4(7)8;1-3-5-4-2;1-2-3;;/h1-2H2,(H,5,6)(H,7,8);3-4H2,1-2H3;3H,2H2,1H3;;. The number of aliphatic hydroxyl groups is 1. The first-order valence-electron chi connectivity index (χ1n) is 5.08. The number of carboxylic acids is 2. The van der Waals surface area contributed by atoms with Gasteiger partial charge in [-0.25, -0.2) is 0 Å². The van der Waals surface area contributed by atoms with E-state index >= 15 is 0 Å². The van der Waals surface area contributed by atoms with Gasteiger partial charge in [0.1, 0.15) is 0 Å². The van der Waals surface area contributed by atoms with Crippen molar-refractivity contribution in [2.24, 2.45) is 0 Å². The number of rotatable bonds is 5. The molecule has 0 rings (SSSR count). The fourth-order valence-corrected chi connectivity index (χ4v) is 0.418. The predicted molar refractivity (Wildman–Crippen MR) is 66.6 cm³/mol. The first-order valence-corrected chi connectivity index (χ1v) is 5.08. The van der Waals surface area contributed by atoms with E-state index in [4.69, 9.17) is 20.1 Å². The Morgan fingerprint density at radius 2 is 1.18 bits per heavy atom. The maximum atomic E-state index is 9.64. The monoisotopic (exact) mass is 262 g/mol. The Labute approximate surface area is 124 Å². The van der Waals surface area contributed by atoms with E-state index in [1.807, 2.05) is 13.8 Å². The Bertz CT molecular complexity index is 147. The normalized spacial score (nSPS) is 7.53. The molecule has 0 aromatic carbocycles. The van der Waals surface area contributed by atoms with Crippen molar-refractivity contribution in [3.8, 4) is 0 Å². The van der Waals surface area contributed by atoms with Crippen LogP contribution in [-0.4, -0.2) is 76.6 Å². The molecule has 0 saturated carbocycles. The van der Waals surface area contributed by atoms with Crippen molar-refractivity contribution >= 4 is 41.5 Å². The Morgan fingerprint density at radius 1 is 0.941 bits per heavy atom. The summed E-state index contributed by atoms with van der Waals surface area (Å²) in [5.74, 6) is -2.15. The molecule has 0 atom stereocenters. The molecule has 100 valence electrons. The molecule has 17 heavy (non-hydrogen) atoms. The van der Waals surface area contributed by atoms with Gasteiger partial charge in [0.15, 0.2) is 0 Å². The molecule has 0 unspecified atom stereocenters. The van der Waals surface area contributed by atoms with Crippen LogP contribution < -0.4 is 0 Å². The average molecular weight is 262 g/mol. The SMILES string of the molecule is CCO.CCOCC.O=C(O)CCC(=O)O.[NaH]. The fourth-order valence-electron chi connectivity index (χ4n) is 0.418. The van der Waals surface area contributed by atoms with Crippen molar-refractivity contribution in [2.45, 2.75) is 33.6 Å². The van der Waals surface area contributed by atoms with Crippen molar-refractivity contribution in [2.75, 3.05) is 19.8 Å². The van der Waals surface area contributed by atoms with Gasteiger partial charge in [0.2, 0.25) is 0 Å². The van der Waals surface area contributed by atoms with Gasteiger partial charge in [-0.3, -0.25) is 9.59 Å². The molecule has 0 aliphatic carbocycles. The minimum absolute atomic E-state index is 0. The third-order valence-corrected chi connectivity index (χ3v) is 0.961. The van der Waals surface area contributed by atoms with E-state index in [1.165, 1.54) is 0 Å². The topological polar surface area (TPSA) is 104 Å². The molecule has 0 aliphatic rings. The van der Waals surface area contributed by atoms with E-state index in [2.05, 4.69) is 0 Å². The van der Waals surface area contributed by atoms with Gasteiger partial charge in [-0.05, 0) is 20.8 Å². The third kappa shape index (κ3) is 64.7. The van der Waals surface area contributed by atoms with Gasteiger partial charge in [0.05, 0.1) is 12.8 Å². The Kier molecular flexibility index (Phi) is 37.6. The quantitative estimate of drug-likeness (QED) is 0.617.